The Morgan fingerprint density at radius 1 is 1.26 bits per heavy atom. The number of halogens is 1. The maximum absolute atomic E-state index is 12.4. The van der Waals surface area contributed by atoms with Crippen LogP contribution >= 0.6 is 15.9 Å². The fraction of sp³-hybridized carbons (Fsp3) is 0.0625. The van der Waals surface area contributed by atoms with Gasteiger partial charge in [-0.2, -0.15) is 14.9 Å². The molecular formula is C16H13BrN4O2. The Kier molecular flexibility index (Phi) is 4.38. The number of furan rings is 1. The van der Waals surface area contributed by atoms with Crippen LogP contribution in [-0.4, -0.2) is 16.0 Å². The number of para-hydroxylation sites is 1. The van der Waals surface area contributed by atoms with E-state index in [4.69, 9.17) is 4.42 Å². The minimum atomic E-state index is -0.273. The van der Waals surface area contributed by atoms with Crippen LogP contribution in [0, 0.1) is 6.92 Å². The first-order valence-corrected chi connectivity index (χ1v) is 7.63. The van der Waals surface area contributed by atoms with Crippen LogP contribution in [0.4, 0.5) is 5.69 Å². The van der Waals surface area contributed by atoms with E-state index in [9.17, 15) is 4.79 Å². The smallest absolute Gasteiger partial charge is 0.287 e. The zero-order valence-corrected chi connectivity index (χ0v) is 13.8. The van der Waals surface area contributed by atoms with E-state index in [1.54, 1.807) is 6.07 Å². The lowest BCUT2D eigenvalue weighted by Crippen LogP contribution is -2.22. The van der Waals surface area contributed by atoms with E-state index in [1.165, 1.54) is 17.1 Å². The summed E-state index contributed by atoms with van der Waals surface area (Å²) >= 11 is 3.29. The highest BCUT2D eigenvalue weighted by molar-refractivity contribution is 9.10. The molecule has 3 rings (SSSR count). The summed E-state index contributed by atoms with van der Waals surface area (Å²) in [6, 6.07) is 12.8. The molecule has 0 aliphatic rings. The SMILES string of the molecule is Cc1ccc(C=NNc2cnn(-c3ccccc3)c(=O)c2Br)o1. The third-order valence-electron chi connectivity index (χ3n) is 3.06. The molecule has 0 radical (unpaired) electrons. The van der Waals surface area contributed by atoms with Gasteiger partial charge in [0.2, 0.25) is 0 Å². The minimum Gasteiger partial charge on any atom is -0.460 e. The second-order valence-electron chi connectivity index (χ2n) is 4.74. The van der Waals surface area contributed by atoms with Crippen molar-refractivity contribution in [1.82, 2.24) is 9.78 Å². The predicted molar refractivity (Wildman–Crippen MR) is 92.2 cm³/mol. The highest BCUT2D eigenvalue weighted by Crippen LogP contribution is 2.17. The molecule has 1 N–H and O–H groups in total. The number of aromatic nitrogens is 2. The Labute approximate surface area is 140 Å². The largest absolute Gasteiger partial charge is 0.460 e. The van der Waals surface area contributed by atoms with E-state index in [0.717, 1.165) is 5.76 Å². The Morgan fingerprint density at radius 3 is 2.74 bits per heavy atom. The summed E-state index contributed by atoms with van der Waals surface area (Å²) < 4.78 is 7.04. The summed E-state index contributed by atoms with van der Waals surface area (Å²) in [5.41, 5.74) is 3.67. The molecule has 1 aromatic carbocycles. The number of hydrogen-bond acceptors (Lipinski definition) is 5. The molecule has 2 heterocycles. The van der Waals surface area contributed by atoms with Gasteiger partial charge in [0, 0.05) is 0 Å². The Bertz CT molecular complexity index is 900. The number of hydrazone groups is 1. The number of benzene rings is 1. The standard InChI is InChI=1S/C16H13BrN4O2/c1-11-7-8-13(23-11)9-18-20-14-10-19-21(16(22)15(14)17)12-5-3-2-4-6-12/h2-10,20H,1H3. The van der Waals surface area contributed by atoms with Crippen LogP contribution in [-0.2, 0) is 0 Å². The molecule has 0 aliphatic carbocycles. The van der Waals surface area contributed by atoms with Gasteiger partial charge >= 0.3 is 0 Å². The van der Waals surface area contributed by atoms with Gasteiger partial charge in [-0.1, -0.05) is 18.2 Å². The summed E-state index contributed by atoms with van der Waals surface area (Å²) in [5.74, 6) is 1.43. The van der Waals surface area contributed by atoms with Gasteiger partial charge in [-0.3, -0.25) is 10.2 Å². The summed E-state index contributed by atoms with van der Waals surface area (Å²) in [6.07, 6.45) is 3.06. The number of nitrogens with zero attached hydrogens (tertiary/aromatic N) is 3. The number of aryl methyl sites for hydroxylation is 1. The molecule has 6 nitrogen and oxygen atoms in total. The van der Waals surface area contributed by atoms with Crippen LogP contribution in [0.2, 0.25) is 0 Å². The lowest BCUT2D eigenvalue weighted by molar-refractivity contribution is 0.528. The Morgan fingerprint density at radius 2 is 2.04 bits per heavy atom. The van der Waals surface area contributed by atoms with Crippen molar-refractivity contribution in [2.75, 3.05) is 5.43 Å². The van der Waals surface area contributed by atoms with Gasteiger partial charge in [0.05, 0.1) is 23.8 Å². The lowest BCUT2D eigenvalue weighted by atomic mass is 10.3. The van der Waals surface area contributed by atoms with Gasteiger partial charge in [0.25, 0.3) is 5.56 Å². The summed E-state index contributed by atoms with van der Waals surface area (Å²) in [6.45, 7) is 1.86. The van der Waals surface area contributed by atoms with E-state index in [0.29, 0.717) is 21.6 Å². The molecule has 0 bridgehead atoms. The molecule has 7 heteroatoms. The molecule has 116 valence electrons. The maximum atomic E-state index is 12.4. The van der Waals surface area contributed by atoms with Gasteiger partial charge < -0.3 is 4.42 Å². The average Bonchev–Trinajstić information content (AvgIpc) is 2.98. The minimum absolute atomic E-state index is 0.273. The first kappa shape index (κ1) is 15.2. The third kappa shape index (κ3) is 3.40. The molecule has 0 amide bonds. The van der Waals surface area contributed by atoms with Crippen molar-refractivity contribution in [2.24, 2.45) is 5.10 Å². The molecule has 0 saturated carbocycles. The molecule has 0 unspecified atom stereocenters. The second kappa shape index (κ2) is 6.62. The topological polar surface area (TPSA) is 72.4 Å². The normalized spacial score (nSPS) is 11.0. The zero-order chi connectivity index (χ0) is 16.2. The Balaban J connectivity index is 1.83. The first-order chi connectivity index (χ1) is 11.1. The highest BCUT2D eigenvalue weighted by Gasteiger charge is 2.09. The number of anilines is 1. The highest BCUT2D eigenvalue weighted by atomic mass is 79.9. The number of rotatable bonds is 4. The fourth-order valence-corrected chi connectivity index (χ4v) is 2.31. The van der Waals surface area contributed by atoms with Crippen LogP contribution in [0.1, 0.15) is 11.5 Å². The molecule has 2 aromatic heterocycles. The van der Waals surface area contributed by atoms with Crippen LogP contribution < -0.4 is 11.0 Å². The van der Waals surface area contributed by atoms with Gasteiger partial charge in [-0.15, -0.1) is 0 Å². The first-order valence-electron chi connectivity index (χ1n) is 6.84. The van der Waals surface area contributed by atoms with Crippen molar-refractivity contribution in [2.45, 2.75) is 6.92 Å². The Hall–Kier alpha value is -2.67. The van der Waals surface area contributed by atoms with Gasteiger partial charge in [0.1, 0.15) is 16.0 Å². The molecule has 0 atom stereocenters. The molecule has 0 fully saturated rings. The van der Waals surface area contributed by atoms with E-state index < -0.39 is 0 Å². The van der Waals surface area contributed by atoms with Gasteiger partial charge in [-0.05, 0) is 47.1 Å². The number of hydrogen-bond donors (Lipinski definition) is 1. The van der Waals surface area contributed by atoms with Crippen LogP contribution in [0.15, 0.2) is 67.4 Å². The van der Waals surface area contributed by atoms with Gasteiger partial charge in [0.15, 0.2) is 0 Å². The van der Waals surface area contributed by atoms with Crippen LogP contribution in [0.25, 0.3) is 5.69 Å². The van der Waals surface area contributed by atoms with E-state index in [1.807, 2.05) is 43.3 Å². The molecule has 0 spiro atoms. The van der Waals surface area contributed by atoms with Crippen molar-refractivity contribution in [3.05, 3.63) is 75.0 Å². The maximum Gasteiger partial charge on any atom is 0.287 e. The van der Waals surface area contributed by atoms with Crippen molar-refractivity contribution in [3.8, 4) is 5.69 Å². The zero-order valence-electron chi connectivity index (χ0n) is 12.2. The summed E-state index contributed by atoms with van der Waals surface area (Å²) in [5, 5.41) is 8.20. The van der Waals surface area contributed by atoms with Crippen molar-refractivity contribution in [3.63, 3.8) is 0 Å². The summed E-state index contributed by atoms with van der Waals surface area (Å²) in [7, 11) is 0. The van der Waals surface area contributed by atoms with Crippen molar-refractivity contribution >= 4 is 27.8 Å². The van der Waals surface area contributed by atoms with Crippen LogP contribution in [0.3, 0.4) is 0 Å². The molecule has 0 saturated heterocycles. The monoisotopic (exact) mass is 372 g/mol. The summed E-state index contributed by atoms with van der Waals surface area (Å²) in [4.78, 5) is 12.4. The van der Waals surface area contributed by atoms with E-state index in [2.05, 4.69) is 31.6 Å². The van der Waals surface area contributed by atoms with E-state index >= 15 is 0 Å². The molecule has 0 aliphatic heterocycles. The third-order valence-corrected chi connectivity index (χ3v) is 3.82. The van der Waals surface area contributed by atoms with Crippen LogP contribution in [0.5, 0.6) is 0 Å². The van der Waals surface area contributed by atoms with E-state index in [-0.39, 0.29) is 5.56 Å². The predicted octanol–water partition coefficient (Wildman–Crippen LogP) is 3.34. The molecule has 23 heavy (non-hydrogen) atoms. The quantitative estimate of drug-likeness (QED) is 0.563. The van der Waals surface area contributed by atoms with Crippen molar-refractivity contribution < 1.29 is 4.42 Å². The van der Waals surface area contributed by atoms with Gasteiger partial charge in [-0.25, -0.2) is 0 Å². The second-order valence-corrected chi connectivity index (χ2v) is 5.54. The lowest BCUT2D eigenvalue weighted by Gasteiger charge is -2.07. The molecule has 3 aromatic rings. The molecular weight excluding hydrogens is 360 g/mol. The van der Waals surface area contributed by atoms with Crippen molar-refractivity contribution in [1.29, 1.82) is 0 Å². The fourth-order valence-electron chi connectivity index (χ4n) is 1.95. The average molecular weight is 373 g/mol. The number of nitrogens with one attached hydrogen (secondary N) is 1.